The van der Waals surface area contributed by atoms with Crippen LogP contribution in [-0.2, 0) is 11.3 Å². The van der Waals surface area contributed by atoms with E-state index in [4.69, 9.17) is 4.74 Å². The Labute approximate surface area is 103 Å². The van der Waals surface area contributed by atoms with Gasteiger partial charge in [0.25, 0.3) is 0 Å². The molecule has 1 aliphatic carbocycles. The third kappa shape index (κ3) is 3.53. The molecule has 1 fully saturated rings. The highest BCUT2D eigenvalue weighted by Gasteiger charge is 2.35. The van der Waals surface area contributed by atoms with Crippen molar-refractivity contribution in [2.24, 2.45) is 0 Å². The van der Waals surface area contributed by atoms with Crippen molar-refractivity contribution in [3.63, 3.8) is 0 Å². The number of benzene rings is 1. The Kier molecular flexibility index (Phi) is 4.54. The maximum Gasteiger partial charge on any atom is 0.0717 e. The Morgan fingerprint density at radius 3 is 2.59 bits per heavy atom. The molecule has 0 heterocycles. The summed E-state index contributed by atoms with van der Waals surface area (Å²) in [5.41, 5.74) is 1.20. The van der Waals surface area contributed by atoms with Gasteiger partial charge < -0.3 is 15.2 Å². The lowest BCUT2D eigenvalue weighted by Crippen LogP contribution is -2.54. The number of hydrogen-bond donors (Lipinski definition) is 2. The normalized spacial score (nSPS) is 17.7. The fraction of sp³-hybridized carbons (Fsp3) is 0.571. The fourth-order valence-electron chi connectivity index (χ4n) is 2.15. The Morgan fingerprint density at radius 1 is 1.24 bits per heavy atom. The zero-order valence-electron chi connectivity index (χ0n) is 10.2. The molecular formula is C14H21NO2. The van der Waals surface area contributed by atoms with Gasteiger partial charge in [-0.1, -0.05) is 30.3 Å². The van der Waals surface area contributed by atoms with Crippen LogP contribution in [0.2, 0.25) is 0 Å². The molecule has 1 saturated carbocycles. The second-order valence-electron chi connectivity index (χ2n) is 4.76. The predicted octanol–water partition coefficient (Wildman–Crippen LogP) is 1.71. The summed E-state index contributed by atoms with van der Waals surface area (Å²) in [4.78, 5) is 0. The van der Waals surface area contributed by atoms with Gasteiger partial charge in [0, 0.05) is 12.1 Å². The van der Waals surface area contributed by atoms with Crippen molar-refractivity contribution >= 4 is 0 Å². The summed E-state index contributed by atoms with van der Waals surface area (Å²) in [5, 5.41) is 12.7. The van der Waals surface area contributed by atoms with Gasteiger partial charge in [0.05, 0.1) is 19.8 Å². The molecular weight excluding hydrogens is 214 g/mol. The van der Waals surface area contributed by atoms with Crippen molar-refractivity contribution in [1.29, 1.82) is 0 Å². The molecule has 0 bridgehead atoms. The Hall–Kier alpha value is -0.900. The standard InChI is InChI=1S/C14H21NO2/c16-12-14(7-4-8-14)15-9-10-17-11-13-5-2-1-3-6-13/h1-3,5-6,15-16H,4,7-12H2. The molecule has 3 heteroatoms. The van der Waals surface area contributed by atoms with E-state index in [2.05, 4.69) is 17.4 Å². The van der Waals surface area contributed by atoms with Crippen LogP contribution in [0.3, 0.4) is 0 Å². The van der Waals surface area contributed by atoms with E-state index in [0.717, 1.165) is 19.4 Å². The maximum absolute atomic E-state index is 9.27. The van der Waals surface area contributed by atoms with Crippen LogP contribution in [0.1, 0.15) is 24.8 Å². The van der Waals surface area contributed by atoms with E-state index >= 15 is 0 Å². The number of aliphatic hydroxyl groups excluding tert-OH is 1. The molecule has 0 aliphatic heterocycles. The Bertz CT molecular complexity index is 317. The number of ether oxygens (including phenoxy) is 1. The van der Waals surface area contributed by atoms with E-state index < -0.39 is 0 Å². The first kappa shape index (κ1) is 12.6. The summed E-state index contributed by atoms with van der Waals surface area (Å²) in [6.45, 7) is 2.41. The topological polar surface area (TPSA) is 41.5 Å². The molecule has 0 saturated heterocycles. The molecule has 3 nitrogen and oxygen atoms in total. The zero-order chi connectivity index (χ0) is 12.0. The third-order valence-corrected chi connectivity index (χ3v) is 3.47. The van der Waals surface area contributed by atoms with Gasteiger partial charge in [-0.2, -0.15) is 0 Å². The highest BCUT2D eigenvalue weighted by molar-refractivity contribution is 5.13. The van der Waals surface area contributed by atoms with E-state index in [1.54, 1.807) is 0 Å². The fourth-order valence-corrected chi connectivity index (χ4v) is 2.15. The number of rotatable bonds is 7. The summed E-state index contributed by atoms with van der Waals surface area (Å²) in [6.07, 6.45) is 3.39. The van der Waals surface area contributed by atoms with Gasteiger partial charge in [-0.05, 0) is 24.8 Å². The van der Waals surface area contributed by atoms with Crippen LogP contribution in [0.4, 0.5) is 0 Å². The smallest absolute Gasteiger partial charge is 0.0717 e. The van der Waals surface area contributed by atoms with Crippen molar-refractivity contribution in [2.45, 2.75) is 31.4 Å². The summed E-state index contributed by atoms with van der Waals surface area (Å²) < 4.78 is 5.58. The minimum absolute atomic E-state index is 0.00386. The summed E-state index contributed by atoms with van der Waals surface area (Å²) >= 11 is 0. The molecule has 1 aromatic carbocycles. The summed E-state index contributed by atoms with van der Waals surface area (Å²) in [7, 11) is 0. The van der Waals surface area contributed by atoms with Crippen molar-refractivity contribution in [3.05, 3.63) is 35.9 Å². The first-order valence-corrected chi connectivity index (χ1v) is 6.32. The molecule has 17 heavy (non-hydrogen) atoms. The quantitative estimate of drug-likeness (QED) is 0.707. The minimum Gasteiger partial charge on any atom is -0.394 e. The van der Waals surface area contributed by atoms with Crippen LogP contribution in [0.25, 0.3) is 0 Å². The zero-order valence-corrected chi connectivity index (χ0v) is 10.2. The second kappa shape index (κ2) is 6.15. The highest BCUT2D eigenvalue weighted by atomic mass is 16.5. The summed E-state index contributed by atoms with van der Waals surface area (Å²) in [5.74, 6) is 0. The minimum atomic E-state index is -0.00386. The second-order valence-corrected chi connectivity index (χ2v) is 4.76. The van der Waals surface area contributed by atoms with Gasteiger partial charge in [0.1, 0.15) is 0 Å². The summed E-state index contributed by atoms with van der Waals surface area (Å²) in [6, 6.07) is 10.2. The molecule has 0 radical (unpaired) electrons. The van der Waals surface area contributed by atoms with Gasteiger partial charge in [-0.15, -0.1) is 0 Å². The van der Waals surface area contributed by atoms with Crippen molar-refractivity contribution < 1.29 is 9.84 Å². The Balaban J connectivity index is 1.58. The van der Waals surface area contributed by atoms with Gasteiger partial charge in [-0.3, -0.25) is 0 Å². The van der Waals surface area contributed by atoms with E-state index in [1.165, 1.54) is 12.0 Å². The molecule has 1 aromatic rings. The van der Waals surface area contributed by atoms with Crippen LogP contribution in [-0.4, -0.2) is 30.4 Å². The van der Waals surface area contributed by atoms with Gasteiger partial charge >= 0.3 is 0 Å². The SMILES string of the molecule is OCC1(NCCOCc2ccccc2)CCC1. The predicted molar refractivity (Wildman–Crippen MR) is 67.8 cm³/mol. The molecule has 0 spiro atoms. The molecule has 0 atom stereocenters. The molecule has 0 aromatic heterocycles. The highest BCUT2D eigenvalue weighted by Crippen LogP contribution is 2.30. The van der Waals surface area contributed by atoms with Crippen LogP contribution in [0.5, 0.6) is 0 Å². The first-order chi connectivity index (χ1) is 8.35. The van der Waals surface area contributed by atoms with E-state index in [-0.39, 0.29) is 12.1 Å². The molecule has 94 valence electrons. The molecule has 0 unspecified atom stereocenters. The maximum atomic E-state index is 9.27. The number of aliphatic hydroxyl groups is 1. The largest absolute Gasteiger partial charge is 0.394 e. The van der Waals surface area contributed by atoms with Gasteiger partial charge in [0.15, 0.2) is 0 Å². The van der Waals surface area contributed by atoms with Gasteiger partial charge in [0.2, 0.25) is 0 Å². The molecule has 2 rings (SSSR count). The molecule has 0 amide bonds. The monoisotopic (exact) mass is 235 g/mol. The van der Waals surface area contributed by atoms with E-state index in [1.807, 2.05) is 18.2 Å². The van der Waals surface area contributed by atoms with E-state index in [0.29, 0.717) is 13.2 Å². The van der Waals surface area contributed by atoms with Crippen LogP contribution in [0, 0.1) is 0 Å². The van der Waals surface area contributed by atoms with Crippen molar-refractivity contribution in [1.82, 2.24) is 5.32 Å². The number of nitrogens with one attached hydrogen (secondary N) is 1. The molecule has 2 N–H and O–H groups in total. The average molecular weight is 235 g/mol. The van der Waals surface area contributed by atoms with E-state index in [9.17, 15) is 5.11 Å². The van der Waals surface area contributed by atoms with Crippen molar-refractivity contribution in [2.75, 3.05) is 19.8 Å². The Morgan fingerprint density at radius 2 is 2.00 bits per heavy atom. The van der Waals surface area contributed by atoms with Gasteiger partial charge in [-0.25, -0.2) is 0 Å². The van der Waals surface area contributed by atoms with Crippen LogP contribution < -0.4 is 5.32 Å². The lowest BCUT2D eigenvalue weighted by Gasteiger charge is -2.41. The lowest BCUT2D eigenvalue weighted by molar-refractivity contribution is 0.0670. The molecule has 1 aliphatic rings. The lowest BCUT2D eigenvalue weighted by atomic mass is 9.77. The third-order valence-electron chi connectivity index (χ3n) is 3.47. The average Bonchev–Trinajstić information content (AvgIpc) is 2.33. The van der Waals surface area contributed by atoms with Crippen LogP contribution in [0.15, 0.2) is 30.3 Å². The van der Waals surface area contributed by atoms with Crippen LogP contribution >= 0.6 is 0 Å². The van der Waals surface area contributed by atoms with Crippen molar-refractivity contribution in [3.8, 4) is 0 Å². The first-order valence-electron chi connectivity index (χ1n) is 6.32. The number of hydrogen-bond acceptors (Lipinski definition) is 3.